The average Bonchev–Trinajstić information content (AvgIpc) is 3.11. The molecular weight excluding hydrogens is 352 g/mol. The van der Waals surface area contributed by atoms with E-state index in [2.05, 4.69) is 9.88 Å². The summed E-state index contributed by atoms with van der Waals surface area (Å²) in [6, 6.07) is 14.1. The first kappa shape index (κ1) is 17.9. The number of nitrogens with one attached hydrogen (secondary N) is 1. The summed E-state index contributed by atoms with van der Waals surface area (Å²) in [6.45, 7) is 3.56. The molecule has 26 heavy (non-hydrogen) atoms. The van der Waals surface area contributed by atoms with Crippen molar-refractivity contribution in [2.75, 3.05) is 0 Å². The van der Waals surface area contributed by atoms with Crippen molar-refractivity contribution in [1.29, 1.82) is 0 Å². The highest BCUT2D eigenvalue weighted by Crippen LogP contribution is 2.34. The third kappa shape index (κ3) is 3.52. The highest BCUT2D eigenvalue weighted by molar-refractivity contribution is 7.90. The van der Waals surface area contributed by atoms with Crippen molar-refractivity contribution in [2.24, 2.45) is 0 Å². The number of aryl methyl sites for hydroxylation is 1. The smallest absolute Gasteiger partial charge is 0.264 e. The lowest BCUT2D eigenvalue weighted by Gasteiger charge is -2.11. The lowest BCUT2D eigenvalue weighted by Crippen LogP contribution is -2.30. The van der Waals surface area contributed by atoms with Crippen LogP contribution in [0.4, 0.5) is 0 Å². The van der Waals surface area contributed by atoms with Crippen LogP contribution in [0.5, 0.6) is 0 Å². The molecule has 1 heterocycles. The van der Waals surface area contributed by atoms with Gasteiger partial charge in [-0.2, -0.15) is 0 Å². The van der Waals surface area contributed by atoms with Gasteiger partial charge in [0.2, 0.25) is 5.91 Å². The van der Waals surface area contributed by atoms with Crippen molar-refractivity contribution in [1.82, 2.24) is 9.88 Å². The number of hydrogen-bond acceptors (Lipinski definition) is 5. The largest absolute Gasteiger partial charge is 0.363 e. The number of sulfonamides is 1. The monoisotopic (exact) mass is 370 g/mol. The second-order valence-electron chi connectivity index (χ2n) is 5.82. The van der Waals surface area contributed by atoms with Gasteiger partial charge in [0.15, 0.2) is 0 Å². The molecular formula is C19H18N2O4S. The van der Waals surface area contributed by atoms with E-state index in [-0.39, 0.29) is 11.3 Å². The number of carbonyl (C=O) groups is 1. The Morgan fingerprint density at radius 3 is 2.62 bits per heavy atom. The summed E-state index contributed by atoms with van der Waals surface area (Å²) in [4.78, 5) is 11.6. The minimum Gasteiger partial charge on any atom is -0.363 e. The first-order chi connectivity index (χ1) is 12.4. The summed E-state index contributed by atoms with van der Waals surface area (Å²) < 4.78 is 32.5. The fourth-order valence-corrected chi connectivity index (χ4v) is 3.89. The molecule has 3 aromatic rings. The van der Waals surface area contributed by atoms with Gasteiger partial charge >= 0.3 is 0 Å². The highest BCUT2D eigenvalue weighted by atomic mass is 32.2. The molecule has 0 fully saturated rings. The number of rotatable bonds is 5. The van der Waals surface area contributed by atoms with E-state index >= 15 is 0 Å². The predicted octanol–water partition coefficient (Wildman–Crippen LogP) is 3.53. The molecule has 0 atom stereocenters. The van der Waals surface area contributed by atoms with E-state index in [1.807, 2.05) is 31.2 Å². The average molecular weight is 370 g/mol. The van der Waals surface area contributed by atoms with Gasteiger partial charge < -0.3 is 4.52 Å². The standard InChI is InChI=1S/C19H18N2O4S/c1-3-18(22)21-26(23,24)17-10-5-4-9-15(17)19-16(12-25-20-19)14-8-6-7-13(2)11-14/h4-12H,3H2,1-2H3,(H,21,22). The fourth-order valence-electron chi connectivity index (χ4n) is 2.62. The maximum atomic E-state index is 12.6. The van der Waals surface area contributed by atoms with Crippen LogP contribution in [0.2, 0.25) is 0 Å². The van der Waals surface area contributed by atoms with Crippen LogP contribution in [0.15, 0.2) is 64.2 Å². The van der Waals surface area contributed by atoms with Crippen LogP contribution in [0, 0.1) is 6.92 Å². The highest BCUT2D eigenvalue weighted by Gasteiger charge is 2.24. The maximum absolute atomic E-state index is 12.6. The molecule has 0 aliphatic carbocycles. The van der Waals surface area contributed by atoms with Gasteiger partial charge in [0, 0.05) is 17.5 Å². The maximum Gasteiger partial charge on any atom is 0.264 e. The van der Waals surface area contributed by atoms with Gasteiger partial charge in [-0.25, -0.2) is 13.1 Å². The van der Waals surface area contributed by atoms with Crippen molar-refractivity contribution in [2.45, 2.75) is 25.2 Å². The summed E-state index contributed by atoms with van der Waals surface area (Å²) in [6.07, 6.45) is 1.55. The van der Waals surface area contributed by atoms with Crippen LogP contribution < -0.4 is 4.72 Å². The minimum absolute atomic E-state index is 0.0235. The summed E-state index contributed by atoms with van der Waals surface area (Å²) in [5.41, 5.74) is 3.38. The van der Waals surface area contributed by atoms with Gasteiger partial charge in [-0.1, -0.05) is 60.1 Å². The van der Waals surface area contributed by atoms with Crippen molar-refractivity contribution >= 4 is 15.9 Å². The molecule has 134 valence electrons. The van der Waals surface area contributed by atoms with E-state index in [0.29, 0.717) is 16.8 Å². The Morgan fingerprint density at radius 1 is 1.12 bits per heavy atom. The number of hydrogen-bond donors (Lipinski definition) is 1. The van der Waals surface area contributed by atoms with E-state index in [1.165, 1.54) is 12.3 Å². The van der Waals surface area contributed by atoms with Crippen molar-refractivity contribution in [3.8, 4) is 22.4 Å². The first-order valence-electron chi connectivity index (χ1n) is 8.09. The zero-order valence-electron chi connectivity index (χ0n) is 14.4. The molecule has 1 amide bonds. The Bertz CT molecular complexity index is 1050. The molecule has 0 aliphatic heterocycles. The van der Waals surface area contributed by atoms with Gasteiger partial charge in [-0.3, -0.25) is 4.79 Å². The third-order valence-electron chi connectivity index (χ3n) is 3.90. The Hall–Kier alpha value is -2.93. The van der Waals surface area contributed by atoms with Crippen LogP contribution >= 0.6 is 0 Å². The first-order valence-corrected chi connectivity index (χ1v) is 9.57. The van der Waals surface area contributed by atoms with Crippen LogP contribution in [0.3, 0.4) is 0 Å². The molecule has 0 bridgehead atoms. The molecule has 2 aromatic carbocycles. The van der Waals surface area contributed by atoms with Gasteiger partial charge in [0.25, 0.3) is 10.0 Å². The molecule has 0 spiro atoms. The molecule has 1 aromatic heterocycles. The van der Waals surface area contributed by atoms with Gasteiger partial charge in [0.1, 0.15) is 12.0 Å². The van der Waals surface area contributed by atoms with E-state index < -0.39 is 15.9 Å². The third-order valence-corrected chi connectivity index (χ3v) is 5.33. The molecule has 6 nitrogen and oxygen atoms in total. The predicted molar refractivity (Wildman–Crippen MR) is 97.7 cm³/mol. The number of aromatic nitrogens is 1. The van der Waals surface area contributed by atoms with E-state index in [9.17, 15) is 13.2 Å². The normalized spacial score (nSPS) is 11.3. The molecule has 0 unspecified atom stereocenters. The molecule has 0 saturated carbocycles. The van der Waals surface area contributed by atoms with E-state index in [0.717, 1.165) is 11.1 Å². The lowest BCUT2D eigenvalue weighted by molar-refractivity contribution is -0.119. The second-order valence-corrected chi connectivity index (χ2v) is 7.48. The Labute approximate surface area is 151 Å². The number of amides is 1. The van der Waals surface area contributed by atoms with Crippen molar-refractivity contribution < 1.29 is 17.7 Å². The zero-order chi connectivity index (χ0) is 18.7. The Morgan fingerprint density at radius 2 is 1.88 bits per heavy atom. The van der Waals surface area contributed by atoms with Gasteiger partial charge in [-0.15, -0.1) is 0 Å². The van der Waals surface area contributed by atoms with Gasteiger partial charge in [0.05, 0.1) is 4.90 Å². The number of benzene rings is 2. The van der Waals surface area contributed by atoms with E-state index in [4.69, 9.17) is 4.52 Å². The lowest BCUT2D eigenvalue weighted by atomic mass is 10.0. The summed E-state index contributed by atoms with van der Waals surface area (Å²) >= 11 is 0. The molecule has 1 N–H and O–H groups in total. The minimum atomic E-state index is -4.02. The Balaban J connectivity index is 2.14. The van der Waals surface area contributed by atoms with E-state index in [1.54, 1.807) is 25.1 Å². The van der Waals surface area contributed by atoms with Crippen molar-refractivity contribution in [3.63, 3.8) is 0 Å². The second kappa shape index (κ2) is 7.13. The Kier molecular flexibility index (Phi) is 4.90. The molecule has 7 heteroatoms. The fraction of sp³-hybridized carbons (Fsp3) is 0.158. The molecule has 0 radical (unpaired) electrons. The van der Waals surface area contributed by atoms with Crippen LogP contribution in [0.1, 0.15) is 18.9 Å². The number of nitrogens with zero attached hydrogens (tertiary/aromatic N) is 1. The topological polar surface area (TPSA) is 89.3 Å². The summed E-state index contributed by atoms with van der Waals surface area (Å²) in [5.74, 6) is -0.570. The quantitative estimate of drug-likeness (QED) is 0.742. The van der Waals surface area contributed by atoms with Crippen LogP contribution in [-0.2, 0) is 14.8 Å². The summed E-state index contributed by atoms with van der Waals surface area (Å²) in [5, 5.41) is 4.01. The zero-order valence-corrected chi connectivity index (χ0v) is 15.2. The van der Waals surface area contributed by atoms with Crippen LogP contribution in [0.25, 0.3) is 22.4 Å². The molecule has 0 aliphatic rings. The molecule has 3 rings (SSSR count). The molecule has 0 saturated heterocycles. The van der Waals surface area contributed by atoms with Gasteiger partial charge in [-0.05, 0) is 18.6 Å². The number of carbonyl (C=O) groups excluding carboxylic acids is 1. The SMILES string of the molecule is CCC(=O)NS(=O)(=O)c1ccccc1-c1nocc1-c1cccc(C)c1. The van der Waals surface area contributed by atoms with Crippen molar-refractivity contribution in [3.05, 3.63) is 60.4 Å². The van der Waals surface area contributed by atoms with Crippen LogP contribution in [-0.4, -0.2) is 19.5 Å². The summed E-state index contributed by atoms with van der Waals surface area (Å²) in [7, 11) is -4.02.